The van der Waals surface area contributed by atoms with Gasteiger partial charge >= 0.3 is 0 Å². The molecule has 0 bridgehead atoms. The van der Waals surface area contributed by atoms with Crippen molar-refractivity contribution in [1.82, 2.24) is 4.90 Å². The van der Waals surface area contributed by atoms with E-state index < -0.39 is 0 Å². The van der Waals surface area contributed by atoms with Crippen LogP contribution in [-0.2, 0) is 0 Å². The van der Waals surface area contributed by atoms with E-state index in [4.69, 9.17) is 5.73 Å². The van der Waals surface area contributed by atoms with Gasteiger partial charge in [0.15, 0.2) is 0 Å². The molecular formula is C15H30N2. The number of piperidine rings is 1. The lowest BCUT2D eigenvalue weighted by Gasteiger charge is -2.47. The first-order valence-electron chi connectivity index (χ1n) is 7.51. The van der Waals surface area contributed by atoms with Crippen molar-refractivity contribution in [2.75, 3.05) is 6.54 Å². The molecule has 0 aromatic rings. The fourth-order valence-electron chi connectivity index (χ4n) is 3.71. The van der Waals surface area contributed by atoms with E-state index in [1.165, 1.54) is 51.5 Å². The summed E-state index contributed by atoms with van der Waals surface area (Å²) in [5.74, 6) is 0. The van der Waals surface area contributed by atoms with E-state index in [1.807, 2.05) is 0 Å². The largest absolute Gasteiger partial charge is 0.327 e. The van der Waals surface area contributed by atoms with Crippen molar-refractivity contribution in [1.29, 1.82) is 0 Å². The Kier molecular flexibility index (Phi) is 4.14. The SMILES string of the molecule is CC(N)C1CCCCN1C1CCC(C)(C)CC1. The van der Waals surface area contributed by atoms with Crippen molar-refractivity contribution < 1.29 is 0 Å². The Morgan fingerprint density at radius 3 is 2.35 bits per heavy atom. The maximum atomic E-state index is 6.18. The number of nitrogens with zero attached hydrogens (tertiary/aromatic N) is 1. The molecular weight excluding hydrogens is 208 g/mol. The zero-order valence-electron chi connectivity index (χ0n) is 11.9. The Labute approximate surface area is 107 Å². The van der Waals surface area contributed by atoms with Crippen LogP contribution in [-0.4, -0.2) is 29.6 Å². The highest BCUT2D eigenvalue weighted by atomic mass is 15.2. The van der Waals surface area contributed by atoms with E-state index in [1.54, 1.807) is 0 Å². The quantitative estimate of drug-likeness (QED) is 0.800. The molecule has 2 rings (SSSR count). The Hall–Kier alpha value is -0.0800. The first-order valence-corrected chi connectivity index (χ1v) is 7.51. The van der Waals surface area contributed by atoms with Gasteiger partial charge in [-0.05, 0) is 57.4 Å². The van der Waals surface area contributed by atoms with Gasteiger partial charge in [-0.1, -0.05) is 20.3 Å². The predicted molar refractivity (Wildman–Crippen MR) is 74.0 cm³/mol. The molecule has 0 radical (unpaired) electrons. The van der Waals surface area contributed by atoms with E-state index in [-0.39, 0.29) is 0 Å². The van der Waals surface area contributed by atoms with Gasteiger partial charge in [-0.2, -0.15) is 0 Å². The van der Waals surface area contributed by atoms with Crippen molar-refractivity contribution in [3.8, 4) is 0 Å². The molecule has 1 aliphatic carbocycles. The summed E-state index contributed by atoms with van der Waals surface area (Å²) >= 11 is 0. The molecule has 1 heterocycles. The first-order chi connectivity index (χ1) is 7.99. The molecule has 0 spiro atoms. The molecule has 100 valence electrons. The second-order valence-electron chi connectivity index (χ2n) is 7.06. The van der Waals surface area contributed by atoms with Crippen LogP contribution >= 0.6 is 0 Å². The third-order valence-corrected chi connectivity index (χ3v) is 4.98. The van der Waals surface area contributed by atoms with Crippen molar-refractivity contribution >= 4 is 0 Å². The molecule has 1 saturated carbocycles. The number of hydrogen-bond donors (Lipinski definition) is 1. The summed E-state index contributed by atoms with van der Waals surface area (Å²) in [4.78, 5) is 2.75. The maximum absolute atomic E-state index is 6.18. The van der Waals surface area contributed by atoms with Gasteiger partial charge in [-0.3, -0.25) is 4.90 Å². The number of hydrogen-bond acceptors (Lipinski definition) is 2. The summed E-state index contributed by atoms with van der Waals surface area (Å²) in [5, 5.41) is 0. The molecule has 0 amide bonds. The minimum Gasteiger partial charge on any atom is -0.327 e. The fraction of sp³-hybridized carbons (Fsp3) is 1.00. The highest BCUT2D eigenvalue weighted by Crippen LogP contribution is 2.38. The summed E-state index contributed by atoms with van der Waals surface area (Å²) in [6, 6.07) is 1.81. The van der Waals surface area contributed by atoms with E-state index in [9.17, 15) is 0 Å². The van der Waals surface area contributed by atoms with E-state index in [0.29, 0.717) is 17.5 Å². The summed E-state index contributed by atoms with van der Waals surface area (Å²) in [6.07, 6.45) is 9.62. The monoisotopic (exact) mass is 238 g/mol. The molecule has 2 atom stereocenters. The normalized spacial score (nSPS) is 33.5. The lowest BCUT2D eigenvalue weighted by atomic mass is 9.74. The van der Waals surface area contributed by atoms with Gasteiger partial charge in [0, 0.05) is 18.1 Å². The van der Waals surface area contributed by atoms with Gasteiger partial charge in [0.25, 0.3) is 0 Å². The Balaban J connectivity index is 1.96. The van der Waals surface area contributed by atoms with E-state index >= 15 is 0 Å². The van der Waals surface area contributed by atoms with Crippen molar-refractivity contribution in [2.24, 2.45) is 11.1 Å². The summed E-state index contributed by atoms with van der Waals surface area (Å²) in [7, 11) is 0. The molecule has 0 aromatic carbocycles. The third-order valence-electron chi connectivity index (χ3n) is 4.98. The van der Waals surface area contributed by atoms with Crippen LogP contribution in [0.1, 0.15) is 65.7 Å². The highest BCUT2D eigenvalue weighted by Gasteiger charge is 2.35. The van der Waals surface area contributed by atoms with Crippen LogP contribution in [0.15, 0.2) is 0 Å². The lowest BCUT2D eigenvalue weighted by Crippen LogP contribution is -2.54. The molecule has 2 unspecified atom stereocenters. The average Bonchev–Trinajstić information content (AvgIpc) is 2.29. The Morgan fingerprint density at radius 2 is 1.76 bits per heavy atom. The summed E-state index contributed by atoms with van der Waals surface area (Å²) in [6.45, 7) is 8.32. The van der Waals surface area contributed by atoms with Crippen molar-refractivity contribution in [3.63, 3.8) is 0 Å². The van der Waals surface area contributed by atoms with Crippen LogP contribution in [0.25, 0.3) is 0 Å². The van der Waals surface area contributed by atoms with Crippen LogP contribution in [0.3, 0.4) is 0 Å². The third kappa shape index (κ3) is 3.23. The Morgan fingerprint density at radius 1 is 1.12 bits per heavy atom. The van der Waals surface area contributed by atoms with Gasteiger partial charge < -0.3 is 5.73 Å². The van der Waals surface area contributed by atoms with Gasteiger partial charge in [-0.15, -0.1) is 0 Å². The molecule has 0 aromatic heterocycles. The van der Waals surface area contributed by atoms with Crippen LogP contribution in [0, 0.1) is 5.41 Å². The predicted octanol–water partition coefficient (Wildman–Crippen LogP) is 3.16. The zero-order valence-corrected chi connectivity index (χ0v) is 11.9. The van der Waals surface area contributed by atoms with Gasteiger partial charge in [-0.25, -0.2) is 0 Å². The minimum absolute atomic E-state index is 0.338. The second-order valence-corrected chi connectivity index (χ2v) is 7.06. The molecule has 2 fully saturated rings. The standard InChI is InChI=1S/C15H30N2/c1-12(16)14-6-4-5-11-17(14)13-7-9-15(2,3)10-8-13/h12-14H,4-11,16H2,1-3H3. The molecule has 1 aliphatic heterocycles. The molecule has 17 heavy (non-hydrogen) atoms. The molecule has 2 heteroatoms. The first kappa shape index (κ1) is 13.4. The van der Waals surface area contributed by atoms with Crippen LogP contribution < -0.4 is 5.73 Å². The van der Waals surface area contributed by atoms with Crippen molar-refractivity contribution in [2.45, 2.75) is 83.8 Å². The van der Waals surface area contributed by atoms with Gasteiger partial charge in [0.2, 0.25) is 0 Å². The highest BCUT2D eigenvalue weighted by molar-refractivity contribution is 4.91. The smallest absolute Gasteiger partial charge is 0.0247 e. The van der Waals surface area contributed by atoms with E-state index in [0.717, 1.165) is 6.04 Å². The topological polar surface area (TPSA) is 29.3 Å². The maximum Gasteiger partial charge on any atom is 0.0247 e. The van der Waals surface area contributed by atoms with Gasteiger partial charge in [0.1, 0.15) is 0 Å². The minimum atomic E-state index is 0.338. The fourth-order valence-corrected chi connectivity index (χ4v) is 3.71. The number of likely N-dealkylation sites (tertiary alicyclic amines) is 1. The van der Waals surface area contributed by atoms with Gasteiger partial charge in [0.05, 0.1) is 0 Å². The summed E-state index contributed by atoms with van der Waals surface area (Å²) < 4.78 is 0. The zero-order chi connectivity index (χ0) is 12.5. The Bertz CT molecular complexity index is 237. The molecule has 2 N–H and O–H groups in total. The lowest BCUT2D eigenvalue weighted by molar-refractivity contribution is 0.0397. The van der Waals surface area contributed by atoms with Crippen LogP contribution in [0.5, 0.6) is 0 Å². The number of rotatable bonds is 2. The van der Waals surface area contributed by atoms with Crippen LogP contribution in [0.4, 0.5) is 0 Å². The molecule has 2 nitrogen and oxygen atoms in total. The molecule has 2 aliphatic rings. The second kappa shape index (κ2) is 5.27. The molecule has 1 saturated heterocycles. The average molecular weight is 238 g/mol. The number of nitrogens with two attached hydrogens (primary N) is 1. The van der Waals surface area contributed by atoms with Crippen LogP contribution in [0.2, 0.25) is 0 Å². The summed E-state index contributed by atoms with van der Waals surface area (Å²) in [5.41, 5.74) is 6.76. The van der Waals surface area contributed by atoms with Crippen molar-refractivity contribution in [3.05, 3.63) is 0 Å². The van der Waals surface area contributed by atoms with E-state index in [2.05, 4.69) is 25.7 Å².